The van der Waals surface area contributed by atoms with Gasteiger partial charge in [-0.3, -0.25) is 14.5 Å². The van der Waals surface area contributed by atoms with Gasteiger partial charge in [0.05, 0.1) is 18.0 Å². The molecule has 0 aromatic heterocycles. The highest BCUT2D eigenvalue weighted by molar-refractivity contribution is 7.89. The third-order valence-electron chi connectivity index (χ3n) is 4.07. The smallest absolute Gasteiger partial charge is 0.497 e. The molecule has 1 unspecified atom stereocenters. The van der Waals surface area contributed by atoms with E-state index in [1.807, 2.05) is 6.92 Å². The first-order valence-corrected chi connectivity index (χ1v) is 11.1. The normalized spacial score (nSPS) is 17.6. The van der Waals surface area contributed by atoms with Crippen molar-refractivity contribution in [3.05, 3.63) is 41.4 Å². The van der Waals surface area contributed by atoms with Gasteiger partial charge in [0.1, 0.15) is 5.94 Å². The molecule has 0 amide bonds. The first-order chi connectivity index (χ1) is 13.7. The van der Waals surface area contributed by atoms with Crippen molar-refractivity contribution in [3.8, 4) is 0 Å². The van der Waals surface area contributed by atoms with Gasteiger partial charge < -0.3 is 9.31 Å². The Morgan fingerprint density at radius 1 is 1.21 bits per heavy atom. The fourth-order valence-corrected chi connectivity index (χ4v) is 3.92. The third kappa shape index (κ3) is 7.47. The fourth-order valence-electron chi connectivity index (χ4n) is 2.61. The number of nitrogens with one attached hydrogen (secondary N) is 1. The van der Waals surface area contributed by atoms with Crippen LogP contribution in [0.5, 0.6) is 0 Å². The second-order valence-corrected chi connectivity index (χ2v) is 8.84. The van der Waals surface area contributed by atoms with Crippen LogP contribution in [0.2, 0.25) is 5.02 Å². The monoisotopic (exact) mass is 442 g/mol. The second kappa shape index (κ2) is 10.8. The van der Waals surface area contributed by atoms with Crippen molar-refractivity contribution in [2.24, 2.45) is 0 Å². The van der Waals surface area contributed by atoms with Crippen LogP contribution in [0.1, 0.15) is 26.2 Å². The van der Waals surface area contributed by atoms with Gasteiger partial charge in [-0.2, -0.15) is 0 Å². The van der Waals surface area contributed by atoms with Gasteiger partial charge in [0.15, 0.2) is 0 Å². The molecule has 8 nitrogen and oxygen atoms in total. The quantitative estimate of drug-likeness (QED) is 0.372. The molecule has 2 rings (SSSR count). The average molecular weight is 443 g/mol. The average Bonchev–Trinajstić information content (AvgIpc) is 2.62. The van der Waals surface area contributed by atoms with E-state index in [1.165, 1.54) is 29.2 Å². The van der Waals surface area contributed by atoms with Crippen molar-refractivity contribution in [3.63, 3.8) is 0 Å². The van der Waals surface area contributed by atoms with E-state index in [0.717, 1.165) is 12.8 Å². The summed E-state index contributed by atoms with van der Waals surface area (Å²) in [5, 5.41) is 0.395. The lowest BCUT2D eigenvalue weighted by molar-refractivity contribution is -0.145. The molecule has 0 spiro atoms. The van der Waals surface area contributed by atoms with E-state index in [1.54, 1.807) is 19.2 Å². The number of allylic oxidation sites excluding steroid dienone is 1. The predicted molar refractivity (Wildman–Crippen MR) is 110 cm³/mol. The predicted octanol–water partition coefficient (Wildman–Crippen LogP) is 1.79. The molecule has 11 heteroatoms. The van der Waals surface area contributed by atoms with E-state index in [0.29, 0.717) is 11.4 Å². The van der Waals surface area contributed by atoms with Crippen molar-refractivity contribution in [2.75, 3.05) is 20.1 Å². The Balaban J connectivity index is 2.27. The summed E-state index contributed by atoms with van der Waals surface area (Å²) in [6.45, 7) is 1.81. The van der Waals surface area contributed by atoms with Crippen molar-refractivity contribution >= 4 is 40.7 Å². The Labute approximate surface area is 176 Å². The molecule has 158 valence electrons. The van der Waals surface area contributed by atoms with Gasteiger partial charge in [0.2, 0.25) is 10.0 Å². The maximum absolute atomic E-state index is 12.8. The Kier molecular flexibility index (Phi) is 8.69. The third-order valence-corrected chi connectivity index (χ3v) is 5.80. The van der Waals surface area contributed by atoms with Gasteiger partial charge in [0, 0.05) is 5.02 Å². The van der Waals surface area contributed by atoms with E-state index in [-0.39, 0.29) is 18.0 Å². The Morgan fingerprint density at radius 3 is 2.34 bits per heavy atom. The minimum Gasteiger partial charge on any atom is -0.497 e. The molecule has 0 aliphatic carbocycles. The minimum absolute atomic E-state index is 0.0166. The first-order valence-electron chi connectivity index (χ1n) is 9.23. The Bertz CT molecular complexity index is 826. The summed E-state index contributed by atoms with van der Waals surface area (Å²) in [5.41, 5.74) is 0. The fraction of sp³-hybridized carbons (Fsp3) is 0.444. The van der Waals surface area contributed by atoms with Crippen LogP contribution < -0.4 is 4.72 Å². The van der Waals surface area contributed by atoms with Crippen LogP contribution in [0.4, 0.5) is 0 Å². The maximum atomic E-state index is 12.8. The summed E-state index contributed by atoms with van der Waals surface area (Å²) in [4.78, 5) is 25.5. The first kappa shape index (κ1) is 23.4. The number of carbonyl (C=O) groups is 2. The molecule has 1 aliphatic heterocycles. The number of carbonyl (C=O) groups excluding carboxylic acids is 2. The summed E-state index contributed by atoms with van der Waals surface area (Å²) in [7, 11) is -3.82. The van der Waals surface area contributed by atoms with Crippen molar-refractivity contribution in [1.82, 2.24) is 9.62 Å². The van der Waals surface area contributed by atoms with E-state index in [4.69, 9.17) is 20.9 Å². The lowest BCUT2D eigenvalue weighted by Crippen LogP contribution is -2.53. The molecular weight excluding hydrogens is 419 g/mol. The van der Waals surface area contributed by atoms with Crippen LogP contribution >= 0.6 is 11.6 Å². The number of nitrogens with zero attached hydrogens (tertiary/aromatic N) is 1. The zero-order valence-electron chi connectivity index (χ0n) is 16.3. The summed E-state index contributed by atoms with van der Waals surface area (Å²) in [5.74, 6) is -2.32. The Hall–Kier alpha value is -1.88. The van der Waals surface area contributed by atoms with Crippen LogP contribution in [0.3, 0.4) is 0 Å². The summed E-state index contributed by atoms with van der Waals surface area (Å²) in [6.07, 6.45) is 5.88. The number of benzene rings is 1. The second-order valence-electron chi connectivity index (χ2n) is 6.69. The molecule has 29 heavy (non-hydrogen) atoms. The van der Waals surface area contributed by atoms with Gasteiger partial charge in [-0.15, -0.1) is 0 Å². The number of likely N-dealkylation sites (N-methyl/N-ethyl adjacent to an activating group) is 1. The molecule has 0 saturated carbocycles. The molecule has 1 N–H and O–H groups in total. The molecule has 0 radical (unpaired) electrons. The van der Waals surface area contributed by atoms with Crippen molar-refractivity contribution < 1.29 is 27.3 Å². The largest absolute Gasteiger partial charge is 0.622 e. The molecule has 1 aromatic carbocycles. The lowest BCUT2D eigenvalue weighted by atomic mass is 9.78. The van der Waals surface area contributed by atoms with E-state index in [2.05, 4.69) is 4.72 Å². The molecule has 1 atom stereocenters. The zero-order chi connectivity index (χ0) is 21.4. The van der Waals surface area contributed by atoms with Gasteiger partial charge >= 0.3 is 19.1 Å². The highest BCUT2D eigenvalue weighted by Crippen LogP contribution is 2.16. The maximum Gasteiger partial charge on any atom is 0.622 e. The minimum atomic E-state index is -3.99. The highest BCUT2D eigenvalue weighted by Gasteiger charge is 2.40. The number of hydrogen-bond donors (Lipinski definition) is 1. The lowest BCUT2D eigenvalue weighted by Gasteiger charge is -2.26. The van der Waals surface area contributed by atoms with Crippen LogP contribution in [-0.2, 0) is 28.9 Å². The molecule has 0 bridgehead atoms. The van der Waals surface area contributed by atoms with Gasteiger partial charge in [-0.25, -0.2) is 13.1 Å². The van der Waals surface area contributed by atoms with Gasteiger partial charge in [-0.05, 0) is 37.7 Å². The summed E-state index contributed by atoms with van der Waals surface area (Å²) in [6, 6.07) is 5.61. The summed E-state index contributed by atoms with van der Waals surface area (Å²) >= 11 is 5.82. The number of hydrogen-bond acceptors (Lipinski definition) is 7. The number of unbranched alkanes of at least 4 members (excludes halogenated alkanes) is 2. The van der Waals surface area contributed by atoms with E-state index >= 15 is 0 Å². The summed E-state index contributed by atoms with van der Waals surface area (Å²) < 4.78 is 38.5. The van der Waals surface area contributed by atoms with E-state index in [9.17, 15) is 18.0 Å². The van der Waals surface area contributed by atoms with Crippen LogP contribution in [0.25, 0.3) is 0 Å². The molecule has 1 aliphatic rings. The van der Waals surface area contributed by atoms with Crippen LogP contribution in [-0.4, -0.2) is 58.5 Å². The molecular formula is C18H24BClN2O6S. The zero-order valence-corrected chi connectivity index (χ0v) is 17.9. The molecule has 1 heterocycles. The Morgan fingerprint density at radius 2 is 1.79 bits per heavy atom. The van der Waals surface area contributed by atoms with Crippen molar-refractivity contribution in [2.45, 2.75) is 37.0 Å². The number of halogens is 1. The SMILES string of the molecule is CCCCC=CC(NS(=O)(=O)c1ccc(Cl)cc1)B1OC(=O)CN(C)CC(=O)O1. The van der Waals surface area contributed by atoms with Crippen LogP contribution in [0, 0.1) is 0 Å². The van der Waals surface area contributed by atoms with Crippen LogP contribution in [0.15, 0.2) is 41.3 Å². The van der Waals surface area contributed by atoms with Crippen molar-refractivity contribution in [1.29, 1.82) is 0 Å². The van der Waals surface area contributed by atoms with Gasteiger partial charge in [0.25, 0.3) is 0 Å². The van der Waals surface area contributed by atoms with E-state index < -0.39 is 35.0 Å². The topological polar surface area (TPSA) is 102 Å². The molecule has 1 fully saturated rings. The molecule has 1 aromatic rings. The standard InChI is InChI=1S/C18H24BClN2O6S/c1-3-4-5-6-7-16(19-27-17(23)12-22(2)13-18(24)28-19)21-29(25,26)15-10-8-14(20)9-11-15/h6-11,16,21H,3-5,12-13H2,1-2H3. The van der Waals surface area contributed by atoms with Gasteiger partial charge in [-0.1, -0.05) is 43.5 Å². The number of rotatable bonds is 8. The number of sulfonamides is 1. The highest BCUT2D eigenvalue weighted by atomic mass is 35.5. The molecule has 1 saturated heterocycles.